The Labute approximate surface area is 366 Å². The first kappa shape index (κ1) is 35.5. The van der Waals surface area contributed by atoms with E-state index in [9.17, 15) is 0 Å². The van der Waals surface area contributed by atoms with Crippen molar-refractivity contribution < 1.29 is 0 Å². The molecular formula is C61H40N2. The number of aromatic nitrogens is 2. The lowest BCUT2D eigenvalue weighted by atomic mass is 9.67. The molecule has 63 heavy (non-hydrogen) atoms. The van der Waals surface area contributed by atoms with Crippen molar-refractivity contribution in [1.82, 2.24) is 9.13 Å². The second-order valence-corrected chi connectivity index (χ2v) is 16.8. The van der Waals surface area contributed by atoms with Crippen molar-refractivity contribution in [3.8, 4) is 44.8 Å². The molecule has 0 saturated carbocycles. The van der Waals surface area contributed by atoms with Gasteiger partial charge in [0.05, 0.1) is 27.5 Å². The molecule has 0 saturated heterocycles. The number of fused-ring (bicyclic) bond motifs is 9. The average molecular weight is 801 g/mol. The monoisotopic (exact) mass is 800 g/mol. The van der Waals surface area contributed by atoms with E-state index < -0.39 is 5.41 Å². The molecule has 0 aliphatic heterocycles. The first-order valence-electron chi connectivity index (χ1n) is 21.8. The van der Waals surface area contributed by atoms with Gasteiger partial charge in [0.2, 0.25) is 0 Å². The van der Waals surface area contributed by atoms with E-state index in [1.165, 1.54) is 99.2 Å². The van der Waals surface area contributed by atoms with E-state index >= 15 is 0 Å². The van der Waals surface area contributed by atoms with Crippen LogP contribution in [0.2, 0.25) is 0 Å². The quantitative estimate of drug-likeness (QED) is 0.159. The fourth-order valence-electron chi connectivity index (χ4n) is 10.9. The lowest BCUT2D eigenvalue weighted by Gasteiger charge is -2.34. The van der Waals surface area contributed by atoms with Crippen LogP contribution in [0.25, 0.3) is 88.4 Å². The molecule has 2 nitrogen and oxygen atoms in total. The predicted molar refractivity (Wildman–Crippen MR) is 263 cm³/mol. The number of nitrogens with zero attached hydrogens (tertiary/aromatic N) is 2. The van der Waals surface area contributed by atoms with Crippen LogP contribution in [0.15, 0.2) is 243 Å². The highest BCUT2D eigenvalue weighted by Crippen LogP contribution is 2.56. The highest BCUT2D eigenvalue weighted by molar-refractivity contribution is 6.13. The fraction of sp³-hybridized carbons (Fsp3) is 0.0164. The number of hydrogen-bond acceptors (Lipinski definition) is 0. The maximum atomic E-state index is 2.48. The van der Waals surface area contributed by atoms with Gasteiger partial charge in [-0.3, -0.25) is 0 Å². The summed E-state index contributed by atoms with van der Waals surface area (Å²) in [5.41, 5.74) is 19.2. The molecule has 0 N–H and O–H groups in total. The van der Waals surface area contributed by atoms with E-state index in [0.29, 0.717) is 0 Å². The normalized spacial score (nSPS) is 12.9. The summed E-state index contributed by atoms with van der Waals surface area (Å²) < 4.78 is 4.87. The molecular weight excluding hydrogens is 761 g/mol. The van der Waals surface area contributed by atoms with Crippen LogP contribution < -0.4 is 0 Å². The van der Waals surface area contributed by atoms with Crippen LogP contribution in [-0.4, -0.2) is 9.13 Å². The molecule has 0 spiro atoms. The van der Waals surface area contributed by atoms with Crippen LogP contribution in [0.3, 0.4) is 0 Å². The summed E-state index contributed by atoms with van der Waals surface area (Å²) in [6, 6.07) is 89.6. The predicted octanol–water partition coefficient (Wildman–Crippen LogP) is 15.6. The Morgan fingerprint density at radius 1 is 0.254 bits per heavy atom. The number of para-hydroxylation sites is 2. The molecule has 294 valence electrons. The maximum absolute atomic E-state index is 2.48. The van der Waals surface area contributed by atoms with Crippen molar-refractivity contribution in [3.63, 3.8) is 0 Å². The molecule has 0 radical (unpaired) electrons. The fourth-order valence-corrected chi connectivity index (χ4v) is 10.9. The summed E-state index contributed by atoms with van der Waals surface area (Å²) in [6.07, 6.45) is 0. The highest BCUT2D eigenvalue weighted by Gasteiger charge is 2.46. The minimum absolute atomic E-state index is 0.471. The van der Waals surface area contributed by atoms with Crippen LogP contribution >= 0.6 is 0 Å². The van der Waals surface area contributed by atoms with Gasteiger partial charge in [0.15, 0.2) is 0 Å². The van der Waals surface area contributed by atoms with Gasteiger partial charge in [-0.25, -0.2) is 0 Å². The lowest BCUT2D eigenvalue weighted by molar-refractivity contribution is 0.770. The van der Waals surface area contributed by atoms with Crippen molar-refractivity contribution in [2.24, 2.45) is 0 Å². The molecule has 1 aliphatic rings. The summed E-state index contributed by atoms with van der Waals surface area (Å²) in [5.74, 6) is 0. The summed E-state index contributed by atoms with van der Waals surface area (Å²) >= 11 is 0. The topological polar surface area (TPSA) is 9.86 Å². The van der Waals surface area contributed by atoms with Gasteiger partial charge in [-0.1, -0.05) is 182 Å². The molecule has 12 aromatic rings. The number of rotatable bonds is 6. The van der Waals surface area contributed by atoms with E-state index in [2.05, 4.69) is 252 Å². The number of hydrogen-bond donors (Lipinski definition) is 0. The summed E-state index contributed by atoms with van der Waals surface area (Å²) in [5, 5.41) is 4.96. The van der Waals surface area contributed by atoms with Gasteiger partial charge in [-0.2, -0.15) is 0 Å². The van der Waals surface area contributed by atoms with Gasteiger partial charge < -0.3 is 9.13 Å². The van der Waals surface area contributed by atoms with Crippen molar-refractivity contribution in [2.45, 2.75) is 5.41 Å². The molecule has 13 rings (SSSR count). The zero-order valence-electron chi connectivity index (χ0n) is 34.5. The Bertz CT molecular complexity index is 3680. The van der Waals surface area contributed by atoms with E-state index in [0.717, 1.165) is 11.4 Å². The van der Waals surface area contributed by atoms with Crippen LogP contribution in [0, 0.1) is 0 Å². The van der Waals surface area contributed by atoms with Crippen LogP contribution in [-0.2, 0) is 5.41 Å². The van der Waals surface area contributed by atoms with Crippen molar-refractivity contribution >= 4 is 43.6 Å². The highest BCUT2D eigenvalue weighted by atomic mass is 15.0. The van der Waals surface area contributed by atoms with E-state index in [1.54, 1.807) is 0 Å². The number of benzene rings is 10. The van der Waals surface area contributed by atoms with Gasteiger partial charge in [0.1, 0.15) is 0 Å². The van der Waals surface area contributed by atoms with Crippen LogP contribution in [0.1, 0.15) is 22.3 Å². The van der Waals surface area contributed by atoms with Gasteiger partial charge in [-0.05, 0) is 116 Å². The van der Waals surface area contributed by atoms with Gasteiger partial charge in [-0.15, -0.1) is 0 Å². The van der Waals surface area contributed by atoms with Gasteiger partial charge in [0, 0.05) is 32.9 Å². The van der Waals surface area contributed by atoms with Gasteiger partial charge in [0.25, 0.3) is 0 Å². The standard InChI is InChI=1S/C61H40N2/c1-4-17-41(18-5-1)42-19-16-24-48(37-42)63-57-30-15-12-27-51(57)53-38-43(32-35-58(53)63)44-31-34-52-54-40-46(33-36-59(54)62(60(52)39-44)47-22-8-3-9-23-47)61(45-20-6-2-7-21-45)55-28-13-10-25-49(55)50-26-11-14-29-56(50)61/h1-40H. The Balaban J connectivity index is 1.01. The third-order valence-electron chi connectivity index (χ3n) is 13.6. The first-order valence-corrected chi connectivity index (χ1v) is 21.8. The minimum Gasteiger partial charge on any atom is -0.309 e. The van der Waals surface area contributed by atoms with E-state index in [1.807, 2.05) is 0 Å². The molecule has 10 aromatic carbocycles. The Morgan fingerprint density at radius 2 is 0.762 bits per heavy atom. The minimum atomic E-state index is -0.471. The van der Waals surface area contributed by atoms with Gasteiger partial charge >= 0.3 is 0 Å². The Kier molecular flexibility index (Phi) is 7.85. The van der Waals surface area contributed by atoms with E-state index in [4.69, 9.17) is 0 Å². The van der Waals surface area contributed by atoms with Crippen molar-refractivity contribution in [1.29, 1.82) is 0 Å². The van der Waals surface area contributed by atoms with Crippen molar-refractivity contribution in [3.05, 3.63) is 265 Å². The zero-order valence-corrected chi connectivity index (χ0v) is 34.5. The molecule has 0 bridgehead atoms. The molecule has 2 aromatic heterocycles. The smallest absolute Gasteiger partial charge is 0.0713 e. The molecule has 1 aliphatic carbocycles. The third kappa shape index (κ3) is 5.25. The summed E-state index contributed by atoms with van der Waals surface area (Å²) in [7, 11) is 0. The Morgan fingerprint density at radius 3 is 1.52 bits per heavy atom. The zero-order chi connectivity index (χ0) is 41.5. The average Bonchev–Trinajstić information content (AvgIpc) is 3.98. The molecule has 0 atom stereocenters. The second-order valence-electron chi connectivity index (χ2n) is 16.8. The second kappa shape index (κ2) is 13.9. The van der Waals surface area contributed by atoms with E-state index in [-0.39, 0.29) is 0 Å². The van der Waals surface area contributed by atoms with Crippen molar-refractivity contribution in [2.75, 3.05) is 0 Å². The molecule has 0 fully saturated rings. The lowest BCUT2D eigenvalue weighted by Crippen LogP contribution is -2.28. The SMILES string of the molecule is c1ccc(-c2cccc(-n3c4ccccc4c4cc(-c5ccc6c7cc(C8(c9ccccc9)c9ccccc9-c9ccccc98)ccc7n(-c7ccccc7)c6c5)ccc43)c2)cc1. The summed E-state index contributed by atoms with van der Waals surface area (Å²) in [6.45, 7) is 0. The molecule has 2 heteroatoms. The van der Waals surface area contributed by atoms with Crippen LogP contribution in [0.4, 0.5) is 0 Å². The Hall–Kier alpha value is -8.20. The van der Waals surface area contributed by atoms with Crippen LogP contribution in [0.5, 0.6) is 0 Å². The molecule has 0 amide bonds. The first-order chi connectivity index (χ1) is 31.3. The summed E-state index contributed by atoms with van der Waals surface area (Å²) in [4.78, 5) is 0. The molecule has 2 heterocycles. The molecule has 0 unspecified atom stereocenters. The third-order valence-corrected chi connectivity index (χ3v) is 13.6. The maximum Gasteiger partial charge on any atom is 0.0713 e. The largest absolute Gasteiger partial charge is 0.309 e.